The van der Waals surface area contributed by atoms with E-state index in [1.54, 1.807) is 0 Å². The quantitative estimate of drug-likeness (QED) is 0.590. The lowest BCUT2D eigenvalue weighted by Gasteiger charge is -2.08. The van der Waals surface area contributed by atoms with Crippen LogP contribution in [0, 0.1) is 0 Å². The zero-order valence-electron chi connectivity index (χ0n) is 3.96. The molecule has 0 saturated heterocycles. The highest BCUT2D eigenvalue weighted by molar-refractivity contribution is 9.12. The van der Waals surface area contributed by atoms with Crippen molar-refractivity contribution in [3.05, 3.63) is 0 Å². The molecule has 6 heavy (non-hydrogen) atoms. The van der Waals surface area contributed by atoms with Crippen molar-refractivity contribution in [2.24, 2.45) is 0 Å². The summed E-state index contributed by atoms with van der Waals surface area (Å²) < 4.78 is 0.271. The van der Waals surface area contributed by atoms with Gasteiger partial charge in [0.05, 0.1) is 0 Å². The minimum absolute atomic E-state index is 0.271. The van der Waals surface area contributed by atoms with E-state index in [4.69, 9.17) is 0 Å². The van der Waals surface area contributed by atoms with Gasteiger partial charge in [0, 0.05) is 9.65 Å². The Morgan fingerprint density at radius 2 is 1.67 bits per heavy atom. The molecule has 0 aliphatic carbocycles. The first-order chi connectivity index (χ1) is 2.56. The van der Waals surface area contributed by atoms with Crippen LogP contribution in [0.1, 0.15) is 13.8 Å². The Kier molecular flexibility index (Phi) is 2.68. The van der Waals surface area contributed by atoms with E-state index < -0.39 is 0 Å². The molecule has 0 aromatic rings. The largest absolute Gasteiger partial charge is 0.0913 e. The van der Waals surface area contributed by atoms with Crippen LogP contribution < -0.4 is 0 Å². The number of hydrogen-bond acceptors (Lipinski definition) is 0. The second kappa shape index (κ2) is 2.31. The van der Waals surface area contributed by atoms with Crippen molar-refractivity contribution in [2.45, 2.75) is 18.2 Å². The van der Waals surface area contributed by atoms with Crippen molar-refractivity contribution in [3.63, 3.8) is 0 Å². The van der Waals surface area contributed by atoms with Crippen molar-refractivity contribution in [3.8, 4) is 0 Å². The van der Waals surface area contributed by atoms with Gasteiger partial charge in [-0.3, -0.25) is 0 Å². The van der Waals surface area contributed by atoms with Crippen molar-refractivity contribution < 1.29 is 0 Å². The predicted octanol–water partition coefficient (Wildman–Crippen LogP) is 2.55. The maximum atomic E-state index is 3.43. The lowest BCUT2D eigenvalue weighted by molar-refractivity contribution is 0.844. The Morgan fingerprint density at radius 1 is 1.50 bits per heavy atom. The average Bonchev–Trinajstić information content (AvgIpc) is 1.35. The SMILES string of the molecule is CC(C)(Br)CBr. The maximum absolute atomic E-state index is 3.43. The molecule has 0 N–H and O–H groups in total. The summed E-state index contributed by atoms with van der Waals surface area (Å²) in [6, 6.07) is 0. The summed E-state index contributed by atoms with van der Waals surface area (Å²) in [6.07, 6.45) is 0. The van der Waals surface area contributed by atoms with E-state index in [2.05, 4.69) is 45.7 Å². The maximum Gasteiger partial charge on any atom is 0.0298 e. The van der Waals surface area contributed by atoms with E-state index in [-0.39, 0.29) is 4.32 Å². The third kappa shape index (κ3) is 4.96. The van der Waals surface area contributed by atoms with Gasteiger partial charge in [-0.2, -0.15) is 0 Å². The number of rotatable bonds is 1. The van der Waals surface area contributed by atoms with Crippen LogP contribution in [0.5, 0.6) is 0 Å². The molecule has 0 spiro atoms. The monoisotopic (exact) mass is 214 g/mol. The normalized spacial score (nSPS) is 12.0. The molecule has 0 amide bonds. The van der Waals surface area contributed by atoms with E-state index in [9.17, 15) is 0 Å². The standard InChI is InChI=1S/C4H8Br2/c1-4(2,6)3-5/h3H2,1-2H3. The van der Waals surface area contributed by atoms with Crippen LogP contribution in [0.4, 0.5) is 0 Å². The third-order valence-corrected chi connectivity index (χ3v) is 2.75. The van der Waals surface area contributed by atoms with Crippen molar-refractivity contribution in [2.75, 3.05) is 5.33 Å². The van der Waals surface area contributed by atoms with Gasteiger partial charge in [-0.15, -0.1) is 0 Å². The zero-order valence-corrected chi connectivity index (χ0v) is 7.14. The highest BCUT2D eigenvalue weighted by atomic mass is 79.9. The summed E-state index contributed by atoms with van der Waals surface area (Å²) in [5.74, 6) is 0. The molecule has 0 nitrogen and oxygen atoms in total. The van der Waals surface area contributed by atoms with Gasteiger partial charge in [0.1, 0.15) is 0 Å². The Labute approximate surface area is 55.6 Å². The second-order valence-electron chi connectivity index (χ2n) is 1.85. The fraction of sp³-hybridized carbons (Fsp3) is 1.00. The molecule has 0 radical (unpaired) electrons. The van der Waals surface area contributed by atoms with Gasteiger partial charge >= 0.3 is 0 Å². The Balaban J connectivity index is 3.17. The first kappa shape index (κ1) is 6.96. The van der Waals surface area contributed by atoms with Crippen molar-refractivity contribution >= 4 is 31.9 Å². The van der Waals surface area contributed by atoms with E-state index >= 15 is 0 Å². The molecule has 0 saturated carbocycles. The summed E-state index contributed by atoms with van der Waals surface area (Å²) in [6.45, 7) is 4.23. The molecule has 0 bridgehead atoms. The van der Waals surface area contributed by atoms with Gasteiger partial charge in [-0.1, -0.05) is 31.9 Å². The first-order valence-electron chi connectivity index (χ1n) is 1.81. The molecule has 0 unspecified atom stereocenters. The van der Waals surface area contributed by atoms with Gasteiger partial charge in [-0.05, 0) is 13.8 Å². The molecule has 0 fully saturated rings. The summed E-state index contributed by atoms with van der Waals surface area (Å²) in [5, 5.41) is 1.00. The molecular formula is C4H8Br2. The third-order valence-electron chi connectivity index (χ3n) is 0.318. The fourth-order valence-corrected chi connectivity index (χ4v) is 0. The molecule has 0 aromatic carbocycles. The Bertz CT molecular complexity index is 35.3. The molecule has 0 heterocycles. The lowest BCUT2D eigenvalue weighted by atomic mass is 10.3. The molecule has 2 heteroatoms. The average molecular weight is 216 g/mol. The first-order valence-corrected chi connectivity index (χ1v) is 3.72. The topological polar surface area (TPSA) is 0 Å². The molecule has 38 valence electrons. The highest BCUT2D eigenvalue weighted by Gasteiger charge is 2.07. The second-order valence-corrected chi connectivity index (χ2v) is 4.56. The molecule has 0 rings (SSSR count). The van der Waals surface area contributed by atoms with Gasteiger partial charge in [0.15, 0.2) is 0 Å². The van der Waals surface area contributed by atoms with Crippen molar-refractivity contribution in [1.82, 2.24) is 0 Å². The van der Waals surface area contributed by atoms with Gasteiger partial charge in [0.2, 0.25) is 0 Å². The zero-order chi connectivity index (χ0) is 5.21. The van der Waals surface area contributed by atoms with E-state index in [0.29, 0.717) is 0 Å². The Morgan fingerprint density at radius 3 is 1.67 bits per heavy atom. The number of alkyl halides is 2. The smallest absolute Gasteiger partial charge is 0.0298 e. The summed E-state index contributed by atoms with van der Waals surface area (Å²) >= 11 is 6.75. The molecular weight excluding hydrogens is 208 g/mol. The van der Waals surface area contributed by atoms with Crippen LogP contribution in [-0.2, 0) is 0 Å². The lowest BCUT2D eigenvalue weighted by Crippen LogP contribution is -2.09. The van der Waals surface area contributed by atoms with E-state index in [0.717, 1.165) is 5.33 Å². The highest BCUT2D eigenvalue weighted by Crippen LogP contribution is 2.17. The number of halogens is 2. The fourth-order valence-electron chi connectivity index (χ4n) is 0. The Hall–Kier alpha value is 0.960. The van der Waals surface area contributed by atoms with Gasteiger partial charge in [0.25, 0.3) is 0 Å². The van der Waals surface area contributed by atoms with E-state index in [1.807, 2.05) is 0 Å². The molecule has 0 atom stereocenters. The van der Waals surface area contributed by atoms with Crippen LogP contribution in [0.3, 0.4) is 0 Å². The summed E-state index contributed by atoms with van der Waals surface area (Å²) in [7, 11) is 0. The summed E-state index contributed by atoms with van der Waals surface area (Å²) in [5.41, 5.74) is 0. The van der Waals surface area contributed by atoms with Gasteiger partial charge < -0.3 is 0 Å². The van der Waals surface area contributed by atoms with E-state index in [1.165, 1.54) is 0 Å². The molecule has 0 aromatic heterocycles. The molecule has 0 aliphatic rings. The number of hydrogen-bond donors (Lipinski definition) is 0. The van der Waals surface area contributed by atoms with Crippen LogP contribution >= 0.6 is 31.9 Å². The van der Waals surface area contributed by atoms with Crippen molar-refractivity contribution in [1.29, 1.82) is 0 Å². The van der Waals surface area contributed by atoms with Crippen LogP contribution in [0.15, 0.2) is 0 Å². The minimum Gasteiger partial charge on any atom is -0.0913 e. The molecule has 0 aliphatic heterocycles. The predicted molar refractivity (Wildman–Crippen MR) is 36.8 cm³/mol. The minimum atomic E-state index is 0.271. The van der Waals surface area contributed by atoms with Gasteiger partial charge in [-0.25, -0.2) is 0 Å². The van der Waals surface area contributed by atoms with Crippen LogP contribution in [0.25, 0.3) is 0 Å². The van der Waals surface area contributed by atoms with Crippen LogP contribution in [-0.4, -0.2) is 9.65 Å². The summed E-state index contributed by atoms with van der Waals surface area (Å²) in [4.78, 5) is 0. The van der Waals surface area contributed by atoms with Crippen LogP contribution in [0.2, 0.25) is 0 Å².